The van der Waals surface area contributed by atoms with Crippen LogP contribution < -0.4 is 5.32 Å². The van der Waals surface area contributed by atoms with Crippen molar-refractivity contribution in [2.45, 2.75) is 46.5 Å². The molecular weight excluding hydrogens is 294 g/mol. The minimum Gasteiger partial charge on any atom is -0.352 e. The number of carbonyl (C=O) groups excluding carboxylic acids is 1. The summed E-state index contributed by atoms with van der Waals surface area (Å²) < 4.78 is 0. The molecule has 0 spiro atoms. The maximum atomic E-state index is 12.3. The number of hydrogen-bond donors (Lipinski definition) is 1. The predicted molar refractivity (Wildman–Crippen MR) is 102 cm³/mol. The second-order valence-electron chi connectivity index (χ2n) is 7.20. The summed E-state index contributed by atoms with van der Waals surface area (Å²) in [6, 6.07) is 16.6. The van der Waals surface area contributed by atoms with E-state index in [9.17, 15) is 4.79 Å². The Bertz CT molecular complexity index is 656. The van der Waals surface area contributed by atoms with Crippen LogP contribution in [0.25, 0.3) is 0 Å². The highest BCUT2D eigenvalue weighted by molar-refractivity contribution is 5.94. The van der Waals surface area contributed by atoms with Gasteiger partial charge in [-0.1, -0.05) is 64.1 Å². The van der Waals surface area contributed by atoms with Gasteiger partial charge in [0.1, 0.15) is 0 Å². The summed E-state index contributed by atoms with van der Waals surface area (Å²) in [5.41, 5.74) is 4.59. The van der Waals surface area contributed by atoms with Gasteiger partial charge < -0.3 is 5.32 Å². The first kappa shape index (κ1) is 18.3. The fraction of sp³-hybridized carbons (Fsp3) is 0.409. The molecule has 24 heavy (non-hydrogen) atoms. The summed E-state index contributed by atoms with van der Waals surface area (Å²) in [6.45, 7) is 9.44. The summed E-state index contributed by atoms with van der Waals surface area (Å²) in [5, 5.41) is 3.03. The first-order valence-electron chi connectivity index (χ1n) is 8.91. The fourth-order valence-corrected chi connectivity index (χ4v) is 2.80. The molecule has 2 aromatic rings. The summed E-state index contributed by atoms with van der Waals surface area (Å²) in [5.74, 6) is 1.16. The molecule has 0 aliphatic heterocycles. The van der Waals surface area contributed by atoms with E-state index >= 15 is 0 Å². The normalized spacial score (nSPS) is 11.1. The number of nitrogens with one attached hydrogen (secondary N) is 1. The fourth-order valence-electron chi connectivity index (χ4n) is 2.80. The number of carbonyl (C=O) groups is 1. The number of rotatable bonds is 7. The molecule has 0 fully saturated rings. The standard InChI is InChI=1S/C22H29NO/c1-16(2)14-19-6-5-7-21(15-19)22(24)23-13-12-18-8-10-20(11-9-18)17(3)4/h5-11,15-17H,12-14H2,1-4H3,(H,23,24). The van der Waals surface area contributed by atoms with Crippen LogP contribution in [-0.2, 0) is 12.8 Å². The Kier molecular flexibility index (Phi) is 6.60. The van der Waals surface area contributed by atoms with E-state index in [0.717, 1.165) is 18.4 Å². The molecule has 0 unspecified atom stereocenters. The van der Waals surface area contributed by atoms with Crippen LogP contribution in [0.15, 0.2) is 48.5 Å². The van der Waals surface area contributed by atoms with Gasteiger partial charge in [0.2, 0.25) is 0 Å². The lowest BCUT2D eigenvalue weighted by molar-refractivity contribution is 0.0954. The van der Waals surface area contributed by atoms with Gasteiger partial charge in [-0.25, -0.2) is 0 Å². The Morgan fingerprint density at radius 3 is 2.29 bits per heavy atom. The van der Waals surface area contributed by atoms with Gasteiger partial charge in [-0.05, 0) is 53.5 Å². The van der Waals surface area contributed by atoms with Gasteiger partial charge in [0.15, 0.2) is 0 Å². The van der Waals surface area contributed by atoms with E-state index in [1.54, 1.807) is 0 Å². The summed E-state index contributed by atoms with van der Waals surface area (Å²) in [4.78, 5) is 12.3. The van der Waals surface area contributed by atoms with Crippen LogP contribution in [0.3, 0.4) is 0 Å². The van der Waals surface area contributed by atoms with Crippen LogP contribution in [0.2, 0.25) is 0 Å². The number of benzene rings is 2. The van der Waals surface area contributed by atoms with Gasteiger partial charge in [-0.2, -0.15) is 0 Å². The monoisotopic (exact) mass is 323 g/mol. The lowest BCUT2D eigenvalue weighted by Crippen LogP contribution is -2.25. The van der Waals surface area contributed by atoms with Crippen LogP contribution in [0.4, 0.5) is 0 Å². The van der Waals surface area contributed by atoms with Crippen molar-refractivity contribution in [2.24, 2.45) is 5.92 Å². The van der Waals surface area contributed by atoms with Gasteiger partial charge >= 0.3 is 0 Å². The molecule has 1 amide bonds. The molecule has 2 aromatic carbocycles. The van der Waals surface area contributed by atoms with Gasteiger partial charge in [-0.3, -0.25) is 4.79 Å². The van der Waals surface area contributed by atoms with Crippen molar-refractivity contribution in [1.82, 2.24) is 5.32 Å². The highest BCUT2D eigenvalue weighted by Gasteiger charge is 2.07. The highest BCUT2D eigenvalue weighted by atomic mass is 16.1. The summed E-state index contributed by atoms with van der Waals surface area (Å²) in [6.07, 6.45) is 1.86. The first-order valence-corrected chi connectivity index (χ1v) is 8.91. The minimum absolute atomic E-state index is 0.0133. The summed E-state index contributed by atoms with van der Waals surface area (Å²) >= 11 is 0. The first-order chi connectivity index (χ1) is 11.5. The molecular formula is C22H29NO. The maximum Gasteiger partial charge on any atom is 0.251 e. The zero-order chi connectivity index (χ0) is 17.5. The number of hydrogen-bond acceptors (Lipinski definition) is 1. The molecule has 2 rings (SSSR count). The van der Waals surface area contributed by atoms with E-state index in [2.05, 4.69) is 63.3 Å². The predicted octanol–water partition coefficient (Wildman–Crippen LogP) is 4.98. The largest absolute Gasteiger partial charge is 0.352 e. The van der Waals surface area contributed by atoms with Crippen molar-refractivity contribution < 1.29 is 4.79 Å². The van der Waals surface area contributed by atoms with Crippen LogP contribution in [-0.4, -0.2) is 12.5 Å². The molecule has 2 nitrogen and oxygen atoms in total. The second-order valence-corrected chi connectivity index (χ2v) is 7.20. The SMILES string of the molecule is CC(C)Cc1cccc(C(=O)NCCc2ccc(C(C)C)cc2)c1. The molecule has 0 aliphatic carbocycles. The third-order valence-electron chi connectivity index (χ3n) is 4.18. The lowest BCUT2D eigenvalue weighted by Gasteiger charge is -2.09. The topological polar surface area (TPSA) is 29.1 Å². The molecule has 0 heterocycles. The zero-order valence-corrected chi connectivity index (χ0v) is 15.3. The third-order valence-corrected chi connectivity index (χ3v) is 4.18. The van der Waals surface area contributed by atoms with Crippen LogP contribution in [0.1, 0.15) is 60.7 Å². The molecule has 2 heteroatoms. The molecule has 0 radical (unpaired) electrons. The Morgan fingerprint density at radius 2 is 1.67 bits per heavy atom. The Labute approximate surface area is 146 Å². The Morgan fingerprint density at radius 1 is 0.958 bits per heavy atom. The molecule has 0 saturated carbocycles. The van der Waals surface area contributed by atoms with E-state index in [-0.39, 0.29) is 5.91 Å². The van der Waals surface area contributed by atoms with Crippen molar-refractivity contribution >= 4 is 5.91 Å². The van der Waals surface area contributed by atoms with E-state index in [0.29, 0.717) is 18.4 Å². The smallest absolute Gasteiger partial charge is 0.251 e. The van der Waals surface area contributed by atoms with E-state index in [4.69, 9.17) is 0 Å². The molecule has 128 valence electrons. The average Bonchev–Trinajstić information content (AvgIpc) is 2.55. The maximum absolute atomic E-state index is 12.3. The zero-order valence-electron chi connectivity index (χ0n) is 15.3. The summed E-state index contributed by atoms with van der Waals surface area (Å²) in [7, 11) is 0. The van der Waals surface area contributed by atoms with Gasteiger partial charge in [0.05, 0.1) is 0 Å². The van der Waals surface area contributed by atoms with Crippen LogP contribution in [0.5, 0.6) is 0 Å². The van der Waals surface area contributed by atoms with Crippen molar-refractivity contribution in [3.8, 4) is 0 Å². The number of amides is 1. The van der Waals surface area contributed by atoms with Crippen molar-refractivity contribution in [3.05, 3.63) is 70.8 Å². The van der Waals surface area contributed by atoms with Gasteiger partial charge in [0, 0.05) is 12.1 Å². The van der Waals surface area contributed by atoms with Crippen molar-refractivity contribution in [3.63, 3.8) is 0 Å². The van der Waals surface area contributed by atoms with E-state index in [1.807, 2.05) is 18.2 Å². The molecule has 0 aromatic heterocycles. The average molecular weight is 323 g/mol. The van der Waals surface area contributed by atoms with Crippen molar-refractivity contribution in [2.75, 3.05) is 6.54 Å². The van der Waals surface area contributed by atoms with Gasteiger partial charge in [0.25, 0.3) is 5.91 Å². The van der Waals surface area contributed by atoms with E-state index in [1.165, 1.54) is 16.7 Å². The van der Waals surface area contributed by atoms with Crippen LogP contribution in [0, 0.1) is 5.92 Å². The molecule has 0 aliphatic rings. The molecule has 0 saturated heterocycles. The highest BCUT2D eigenvalue weighted by Crippen LogP contribution is 2.15. The van der Waals surface area contributed by atoms with Gasteiger partial charge in [-0.15, -0.1) is 0 Å². The second kappa shape index (κ2) is 8.68. The van der Waals surface area contributed by atoms with Crippen molar-refractivity contribution in [1.29, 1.82) is 0 Å². The molecule has 1 N–H and O–H groups in total. The van der Waals surface area contributed by atoms with E-state index < -0.39 is 0 Å². The lowest BCUT2D eigenvalue weighted by atomic mass is 10.0. The Hall–Kier alpha value is -2.09. The third kappa shape index (κ3) is 5.52. The quantitative estimate of drug-likeness (QED) is 0.765. The minimum atomic E-state index is 0.0133. The molecule has 0 atom stereocenters. The molecule has 0 bridgehead atoms. The Balaban J connectivity index is 1.86. The van der Waals surface area contributed by atoms with Crippen LogP contribution >= 0.6 is 0 Å².